The van der Waals surface area contributed by atoms with Gasteiger partial charge in [0.05, 0.1) is 5.02 Å². The minimum Gasteiger partial charge on any atom is -0.299 e. The predicted octanol–water partition coefficient (Wildman–Crippen LogP) is 4.09. The van der Waals surface area contributed by atoms with E-state index in [1.165, 1.54) is 12.8 Å². The third-order valence-electron chi connectivity index (χ3n) is 3.21. The maximum atomic E-state index is 13.3. The van der Waals surface area contributed by atoms with Crippen molar-refractivity contribution in [2.75, 3.05) is 18.4 Å². The fourth-order valence-electron chi connectivity index (χ4n) is 2.32. The van der Waals surface area contributed by atoms with Gasteiger partial charge in [-0.1, -0.05) is 33.6 Å². The highest BCUT2D eigenvalue weighted by Crippen LogP contribution is 2.21. The van der Waals surface area contributed by atoms with Crippen LogP contribution in [0.2, 0.25) is 5.02 Å². The van der Waals surface area contributed by atoms with Gasteiger partial charge in [-0.2, -0.15) is 0 Å². The summed E-state index contributed by atoms with van der Waals surface area (Å²) in [5.74, 6) is 0.402. The lowest BCUT2D eigenvalue weighted by atomic mass is 10.00. The number of piperidine rings is 1. The zero-order chi connectivity index (χ0) is 12.3. The number of halogens is 3. The van der Waals surface area contributed by atoms with E-state index in [9.17, 15) is 4.39 Å². The molecular formula is C13H16BrClFN. The van der Waals surface area contributed by atoms with Crippen molar-refractivity contribution in [1.29, 1.82) is 0 Å². The van der Waals surface area contributed by atoms with Crippen molar-refractivity contribution in [3.05, 3.63) is 34.6 Å². The Labute approximate surface area is 115 Å². The number of hydrogen-bond acceptors (Lipinski definition) is 1. The summed E-state index contributed by atoms with van der Waals surface area (Å²) in [6.07, 6.45) is 2.52. The first kappa shape index (κ1) is 13.3. The molecule has 0 radical (unpaired) electrons. The van der Waals surface area contributed by atoms with E-state index in [-0.39, 0.29) is 10.8 Å². The first-order chi connectivity index (χ1) is 8.19. The topological polar surface area (TPSA) is 3.24 Å². The van der Waals surface area contributed by atoms with Crippen LogP contribution >= 0.6 is 27.5 Å². The third kappa shape index (κ3) is 3.67. The summed E-state index contributed by atoms with van der Waals surface area (Å²) < 4.78 is 13.3. The van der Waals surface area contributed by atoms with Gasteiger partial charge in [0, 0.05) is 18.4 Å². The van der Waals surface area contributed by atoms with Crippen molar-refractivity contribution < 1.29 is 4.39 Å². The summed E-state index contributed by atoms with van der Waals surface area (Å²) in [5, 5.41) is 1.25. The van der Waals surface area contributed by atoms with Gasteiger partial charge in [0.2, 0.25) is 0 Å². The van der Waals surface area contributed by atoms with Gasteiger partial charge in [0.1, 0.15) is 5.82 Å². The molecule has 1 aromatic carbocycles. The number of nitrogens with zero attached hydrogens (tertiary/aromatic N) is 1. The standard InChI is InChI=1S/C13H16BrClFN/c14-7-11-2-1-5-17(9-11)8-10-3-4-12(15)13(16)6-10/h3-4,6,11H,1-2,5,7-9H2. The van der Waals surface area contributed by atoms with Gasteiger partial charge in [-0.05, 0) is 43.0 Å². The summed E-state index contributed by atoms with van der Waals surface area (Å²) >= 11 is 9.22. The predicted molar refractivity (Wildman–Crippen MR) is 73.2 cm³/mol. The van der Waals surface area contributed by atoms with Crippen LogP contribution in [0.5, 0.6) is 0 Å². The quantitative estimate of drug-likeness (QED) is 0.758. The number of likely N-dealkylation sites (tertiary alicyclic amines) is 1. The molecule has 1 aliphatic heterocycles. The molecule has 2 rings (SSSR count). The Morgan fingerprint density at radius 1 is 1.47 bits per heavy atom. The second kappa shape index (κ2) is 6.17. The molecule has 17 heavy (non-hydrogen) atoms. The van der Waals surface area contributed by atoms with Crippen LogP contribution in [0, 0.1) is 11.7 Å². The summed E-state index contributed by atoms with van der Waals surface area (Å²) in [5.41, 5.74) is 1.00. The SMILES string of the molecule is Fc1cc(CN2CCCC(CBr)C2)ccc1Cl. The fraction of sp³-hybridized carbons (Fsp3) is 0.538. The number of alkyl halides is 1. The van der Waals surface area contributed by atoms with Crippen molar-refractivity contribution in [2.24, 2.45) is 5.92 Å². The first-order valence-corrected chi connectivity index (χ1v) is 7.41. The Balaban J connectivity index is 1.97. The zero-order valence-corrected chi connectivity index (χ0v) is 12.0. The monoisotopic (exact) mass is 319 g/mol. The molecule has 1 nitrogen and oxygen atoms in total. The largest absolute Gasteiger partial charge is 0.299 e. The van der Waals surface area contributed by atoms with E-state index in [2.05, 4.69) is 20.8 Å². The van der Waals surface area contributed by atoms with Crippen LogP contribution in [0.15, 0.2) is 18.2 Å². The lowest BCUT2D eigenvalue weighted by Gasteiger charge is -2.31. The molecule has 1 fully saturated rings. The molecular weight excluding hydrogens is 305 g/mol. The average molecular weight is 321 g/mol. The van der Waals surface area contributed by atoms with Crippen LogP contribution in [0.4, 0.5) is 4.39 Å². The molecule has 1 aliphatic rings. The molecule has 0 amide bonds. The fourth-order valence-corrected chi connectivity index (χ4v) is 2.96. The Morgan fingerprint density at radius 3 is 3.00 bits per heavy atom. The Bertz CT molecular complexity index is 386. The van der Waals surface area contributed by atoms with Gasteiger partial charge in [0.15, 0.2) is 0 Å². The van der Waals surface area contributed by atoms with Crippen molar-refractivity contribution in [1.82, 2.24) is 4.90 Å². The molecule has 94 valence electrons. The van der Waals surface area contributed by atoms with Crippen LogP contribution in [0.1, 0.15) is 18.4 Å². The second-order valence-corrected chi connectivity index (χ2v) is 5.70. The molecule has 1 aromatic rings. The number of rotatable bonds is 3. The maximum absolute atomic E-state index is 13.3. The maximum Gasteiger partial charge on any atom is 0.142 e. The van der Waals surface area contributed by atoms with Crippen LogP contribution in [0.3, 0.4) is 0 Å². The molecule has 0 N–H and O–H groups in total. The summed E-state index contributed by atoms with van der Waals surface area (Å²) in [7, 11) is 0. The van der Waals surface area contributed by atoms with Gasteiger partial charge < -0.3 is 0 Å². The summed E-state index contributed by atoms with van der Waals surface area (Å²) in [6, 6.07) is 5.08. The smallest absolute Gasteiger partial charge is 0.142 e. The van der Waals surface area contributed by atoms with Crippen molar-refractivity contribution >= 4 is 27.5 Å². The normalized spacial score (nSPS) is 21.7. The van der Waals surface area contributed by atoms with Gasteiger partial charge in [-0.15, -0.1) is 0 Å². The van der Waals surface area contributed by atoms with Gasteiger partial charge in [0.25, 0.3) is 0 Å². The van der Waals surface area contributed by atoms with Crippen molar-refractivity contribution in [3.8, 4) is 0 Å². The van der Waals surface area contributed by atoms with Crippen LogP contribution in [0.25, 0.3) is 0 Å². The Morgan fingerprint density at radius 2 is 2.29 bits per heavy atom. The molecule has 0 spiro atoms. The minimum atomic E-state index is -0.321. The molecule has 1 saturated heterocycles. The lowest BCUT2D eigenvalue weighted by Crippen LogP contribution is -2.35. The highest BCUT2D eigenvalue weighted by molar-refractivity contribution is 9.09. The van der Waals surface area contributed by atoms with Crippen LogP contribution < -0.4 is 0 Å². The molecule has 0 aliphatic carbocycles. The average Bonchev–Trinajstić information content (AvgIpc) is 2.34. The molecule has 1 heterocycles. The highest BCUT2D eigenvalue weighted by atomic mass is 79.9. The Hall–Kier alpha value is -0.120. The van der Waals surface area contributed by atoms with Gasteiger partial charge in [-0.3, -0.25) is 4.90 Å². The molecule has 1 unspecified atom stereocenters. The summed E-state index contributed by atoms with van der Waals surface area (Å²) in [4.78, 5) is 2.39. The van der Waals surface area contributed by atoms with E-state index < -0.39 is 0 Å². The van der Waals surface area contributed by atoms with Gasteiger partial charge >= 0.3 is 0 Å². The van der Waals surface area contributed by atoms with E-state index in [4.69, 9.17) is 11.6 Å². The molecule has 4 heteroatoms. The third-order valence-corrected chi connectivity index (χ3v) is 4.43. The highest BCUT2D eigenvalue weighted by Gasteiger charge is 2.19. The van der Waals surface area contributed by atoms with E-state index in [0.717, 1.165) is 36.4 Å². The van der Waals surface area contributed by atoms with E-state index >= 15 is 0 Å². The zero-order valence-electron chi connectivity index (χ0n) is 9.63. The van der Waals surface area contributed by atoms with Crippen molar-refractivity contribution in [2.45, 2.75) is 19.4 Å². The van der Waals surface area contributed by atoms with E-state index in [1.54, 1.807) is 12.1 Å². The molecule has 1 atom stereocenters. The van der Waals surface area contributed by atoms with E-state index in [1.807, 2.05) is 6.07 Å². The van der Waals surface area contributed by atoms with Gasteiger partial charge in [-0.25, -0.2) is 4.39 Å². The van der Waals surface area contributed by atoms with E-state index in [0.29, 0.717) is 0 Å². The number of hydrogen-bond donors (Lipinski definition) is 0. The molecule has 0 bridgehead atoms. The summed E-state index contributed by atoms with van der Waals surface area (Å²) in [6.45, 7) is 3.01. The van der Waals surface area contributed by atoms with Crippen molar-refractivity contribution in [3.63, 3.8) is 0 Å². The first-order valence-electron chi connectivity index (χ1n) is 5.91. The molecule has 0 saturated carbocycles. The van der Waals surface area contributed by atoms with Crippen LogP contribution in [-0.4, -0.2) is 23.3 Å². The molecule has 0 aromatic heterocycles. The lowest BCUT2D eigenvalue weighted by molar-refractivity contribution is 0.179. The Kier molecular flexibility index (Phi) is 4.83. The second-order valence-electron chi connectivity index (χ2n) is 4.65. The minimum absolute atomic E-state index is 0.200. The number of benzene rings is 1. The van der Waals surface area contributed by atoms with Crippen LogP contribution in [-0.2, 0) is 6.54 Å².